The van der Waals surface area contributed by atoms with Gasteiger partial charge in [-0.3, -0.25) is 0 Å². The maximum Gasteiger partial charge on any atom is -0.00206 e. The summed E-state index contributed by atoms with van der Waals surface area (Å²) < 4.78 is 0. The van der Waals surface area contributed by atoms with Crippen molar-refractivity contribution in [2.24, 2.45) is 5.92 Å². The maximum atomic E-state index is 3.58. The highest BCUT2D eigenvalue weighted by molar-refractivity contribution is 4.61. The molecule has 0 saturated carbocycles. The van der Waals surface area contributed by atoms with Crippen LogP contribution < -0.4 is 10.6 Å². The fourth-order valence-corrected chi connectivity index (χ4v) is 1.80. The van der Waals surface area contributed by atoms with Crippen LogP contribution in [0, 0.1) is 5.92 Å². The Balaban J connectivity index is 3.22. The molecule has 1 atom stereocenters. The Labute approximate surface area is 96.2 Å². The van der Waals surface area contributed by atoms with Gasteiger partial charge in [0, 0.05) is 0 Å². The highest BCUT2D eigenvalue weighted by Gasteiger charge is 2.04. The molecule has 0 fully saturated rings. The molecule has 0 aromatic carbocycles. The van der Waals surface area contributed by atoms with E-state index in [2.05, 4.69) is 24.5 Å². The summed E-state index contributed by atoms with van der Waals surface area (Å²) in [4.78, 5) is 0. The average Bonchev–Trinajstić information content (AvgIpc) is 2.27. The predicted molar refractivity (Wildman–Crippen MR) is 69.3 cm³/mol. The Kier molecular flexibility index (Phi) is 11.9. The summed E-state index contributed by atoms with van der Waals surface area (Å²) in [5.41, 5.74) is 0. The Morgan fingerprint density at radius 1 is 1.00 bits per heavy atom. The van der Waals surface area contributed by atoms with Gasteiger partial charge in [-0.15, -0.1) is 0 Å². The topological polar surface area (TPSA) is 24.1 Å². The SMILES string of the molecule is CCCCC(CC)CNCCCCNC. The van der Waals surface area contributed by atoms with E-state index in [0.29, 0.717) is 0 Å². The monoisotopic (exact) mass is 214 g/mol. The molecule has 0 aromatic rings. The van der Waals surface area contributed by atoms with Crippen LogP contribution in [0.15, 0.2) is 0 Å². The van der Waals surface area contributed by atoms with Gasteiger partial charge in [0.2, 0.25) is 0 Å². The van der Waals surface area contributed by atoms with E-state index in [4.69, 9.17) is 0 Å². The van der Waals surface area contributed by atoms with Crippen LogP contribution >= 0.6 is 0 Å². The first-order valence-corrected chi connectivity index (χ1v) is 6.70. The van der Waals surface area contributed by atoms with Crippen LogP contribution in [0.5, 0.6) is 0 Å². The van der Waals surface area contributed by atoms with Gasteiger partial charge in [-0.05, 0) is 51.9 Å². The van der Waals surface area contributed by atoms with Gasteiger partial charge in [-0.25, -0.2) is 0 Å². The van der Waals surface area contributed by atoms with Crippen molar-refractivity contribution in [3.63, 3.8) is 0 Å². The Morgan fingerprint density at radius 2 is 1.73 bits per heavy atom. The smallest absolute Gasteiger partial charge is 0.00206 e. The van der Waals surface area contributed by atoms with E-state index in [1.54, 1.807) is 0 Å². The van der Waals surface area contributed by atoms with E-state index in [-0.39, 0.29) is 0 Å². The number of hydrogen-bond acceptors (Lipinski definition) is 2. The summed E-state index contributed by atoms with van der Waals surface area (Å²) in [5.74, 6) is 0.897. The summed E-state index contributed by atoms with van der Waals surface area (Å²) in [6, 6.07) is 0. The molecular weight excluding hydrogens is 184 g/mol. The van der Waals surface area contributed by atoms with E-state index in [1.165, 1.54) is 51.6 Å². The maximum absolute atomic E-state index is 3.58. The molecule has 2 heteroatoms. The third-order valence-electron chi connectivity index (χ3n) is 3.01. The summed E-state index contributed by atoms with van der Waals surface area (Å²) in [6.45, 7) is 8.13. The summed E-state index contributed by atoms with van der Waals surface area (Å²) >= 11 is 0. The van der Waals surface area contributed by atoms with Crippen LogP contribution in [0.25, 0.3) is 0 Å². The van der Waals surface area contributed by atoms with Gasteiger partial charge < -0.3 is 10.6 Å². The van der Waals surface area contributed by atoms with E-state index < -0.39 is 0 Å². The number of hydrogen-bond donors (Lipinski definition) is 2. The van der Waals surface area contributed by atoms with Crippen LogP contribution in [0.2, 0.25) is 0 Å². The normalized spacial score (nSPS) is 13.0. The summed E-state index contributed by atoms with van der Waals surface area (Å²) in [6.07, 6.45) is 8.03. The van der Waals surface area contributed by atoms with Crippen molar-refractivity contribution >= 4 is 0 Å². The first-order chi connectivity index (χ1) is 7.35. The van der Waals surface area contributed by atoms with E-state index in [9.17, 15) is 0 Å². The Hall–Kier alpha value is -0.0800. The van der Waals surface area contributed by atoms with Crippen LogP contribution in [0.1, 0.15) is 52.4 Å². The number of rotatable bonds is 11. The molecule has 0 saturated heterocycles. The first-order valence-electron chi connectivity index (χ1n) is 6.70. The van der Waals surface area contributed by atoms with Crippen molar-refractivity contribution in [3.8, 4) is 0 Å². The second kappa shape index (κ2) is 12.0. The Morgan fingerprint density at radius 3 is 2.33 bits per heavy atom. The molecule has 0 aliphatic carbocycles. The van der Waals surface area contributed by atoms with Crippen molar-refractivity contribution in [3.05, 3.63) is 0 Å². The zero-order valence-electron chi connectivity index (χ0n) is 10.9. The second-order valence-electron chi connectivity index (χ2n) is 4.43. The summed E-state index contributed by atoms with van der Waals surface area (Å²) in [5, 5.41) is 6.76. The van der Waals surface area contributed by atoms with Crippen LogP contribution in [0.4, 0.5) is 0 Å². The molecule has 0 bridgehead atoms. The lowest BCUT2D eigenvalue weighted by molar-refractivity contribution is 0.417. The number of nitrogens with one attached hydrogen (secondary N) is 2. The molecule has 0 radical (unpaired) electrons. The third kappa shape index (κ3) is 10.2. The van der Waals surface area contributed by atoms with E-state index >= 15 is 0 Å². The van der Waals surface area contributed by atoms with Crippen LogP contribution in [0.3, 0.4) is 0 Å². The van der Waals surface area contributed by atoms with Crippen LogP contribution in [-0.4, -0.2) is 26.7 Å². The number of unbranched alkanes of at least 4 members (excludes halogenated alkanes) is 2. The fraction of sp³-hybridized carbons (Fsp3) is 1.00. The fourth-order valence-electron chi connectivity index (χ4n) is 1.80. The molecule has 0 rings (SSSR count). The minimum absolute atomic E-state index is 0.897. The highest BCUT2D eigenvalue weighted by atomic mass is 14.9. The lowest BCUT2D eigenvalue weighted by Gasteiger charge is -2.15. The van der Waals surface area contributed by atoms with Crippen molar-refractivity contribution in [1.82, 2.24) is 10.6 Å². The van der Waals surface area contributed by atoms with E-state index in [0.717, 1.165) is 12.5 Å². The largest absolute Gasteiger partial charge is 0.320 e. The first kappa shape index (κ1) is 14.9. The average molecular weight is 214 g/mol. The van der Waals surface area contributed by atoms with Gasteiger partial charge in [0.15, 0.2) is 0 Å². The van der Waals surface area contributed by atoms with Gasteiger partial charge in [0.05, 0.1) is 0 Å². The van der Waals surface area contributed by atoms with Crippen molar-refractivity contribution < 1.29 is 0 Å². The lowest BCUT2D eigenvalue weighted by Crippen LogP contribution is -2.24. The second-order valence-corrected chi connectivity index (χ2v) is 4.43. The molecular formula is C13H30N2. The molecule has 0 spiro atoms. The van der Waals surface area contributed by atoms with Crippen molar-refractivity contribution in [2.45, 2.75) is 52.4 Å². The van der Waals surface area contributed by atoms with Gasteiger partial charge >= 0.3 is 0 Å². The molecule has 15 heavy (non-hydrogen) atoms. The molecule has 0 aromatic heterocycles. The van der Waals surface area contributed by atoms with E-state index in [1.807, 2.05) is 7.05 Å². The third-order valence-corrected chi connectivity index (χ3v) is 3.01. The van der Waals surface area contributed by atoms with Gasteiger partial charge in [0.1, 0.15) is 0 Å². The van der Waals surface area contributed by atoms with Gasteiger partial charge in [-0.2, -0.15) is 0 Å². The molecule has 0 aliphatic rings. The standard InChI is InChI=1S/C13H30N2/c1-4-6-9-13(5-2)12-15-11-8-7-10-14-3/h13-15H,4-12H2,1-3H3. The van der Waals surface area contributed by atoms with Crippen molar-refractivity contribution in [2.75, 3.05) is 26.7 Å². The minimum atomic E-state index is 0.897. The van der Waals surface area contributed by atoms with Crippen molar-refractivity contribution in [1.29, 1.82) is 0 Å². The zero-order valence-corrected chi connectivity index (χ0v) is 10.9. The molecule has 0 heterocycles. The molecule has 1 unspecified atom stereocenters. The Bertz CT molecular complexity index is 115. The minimum Gasteiger partial charge on any atom is -0.320 e. The van der Waals surface area contributed by atoms with Gasteiger partial charge in [-0.1, -0.05) is 33.1 Å². The molecule has 0 aliphatic heterocycles. The molecule has 2 nitrogen and oxygen atoms in total. The molecule has 2 N–H and O–H groups in total. The lowest BCUT2D eigenvalue weighted by atomic mass is 9.99. The highest BCUT2D eigenvalue weighted by Crippen LogP contribution is 2.10. The molecule has 92 valence electrons. The zero-order chi connectivity index (χ0) is 11.4. The van der Waals surface area contributed by atoms with Gasteiger partial charge in [0.25, 0.3) is 0 Å². The molecule has 0 amide bonds. The quantitative estimate of drug-likeness (QED) is 0.517. The van der Waals surface area contributed by atoms with Crippen LogP contribution in [-0.2, 0) is 0 Å². The summed E-state index contributed by atoms with van der Waals surface area (Å²) in [7, 11) is 2.02. The predicted octanol–water partition coefficient (Wildman–Crippen LogP) is 2.79.